The molecule has 1 aromatic carbocycles. The average molecular weight is 255 g/mol. The Hall–Kier alpha value is -0.680. The molecule has 0 aliphatic carbocycles. The van der Waals surface area contributed by atoms with E-state index in [0.29, 0.717) is 0 Å². The Kier molecular flexibility index (Phi) is 3.67. The molecule has 0 atom stereocenters. The lowest BCUT2D eigenvalue weighted by atomic mass is 10.1. The minimum atomic E-state index is -4.87. The first-order valence-electron chi connectivity index (χ1n) is 3.81. The smallest absolute Gasteiger partial charge is 0.284 e. The van der Waals surface area contributed by atoms with Gasteiger partial charge in [-0.25, -0.2) is 0 Å². The van der Waals surface area contributed by atoms with Crippen molar-refractivity contribution >= 4 is 29.1 Å². The van der Waals surface area contributed by atoms with E-state index in [4.69, 9.17) is 11.6 Å². The molecule has 1 aromatic rings. The van der Waals surface area contributed by atoms with Gasteiger partial charge in [-0.3, -0.25) is 4.79 Å². The third kappa shape index (κ3) is 2.89. The topological polar surface area (TPSA) is 17.1 Å². The third-order valence-electron chi connectivity index (χ3n) is 1.66. The summed E-state index contributed by atoms with van der Waals surface area (Å²) in [6.07, 6.45) is -3.27. The van der Waals surface area contributed by atoms with Crippen molar-refractivity contribution in [3.8, 4) is 0 Å². The molecule has 0 fully saturated rings. The minimum absolute atomic E-state index is 0.111. The van der Waals surface area contributed by atoms with Crippen LogP contribution in [0, 0.1) is 0 Å². The Balaban J connectivity index is 3.23. The number of benzene rings is 1. The summed E-state index contributed by atoms with van der Waals surface area (Å²) < 4.78 is 36.5. The maximum atomic E-state index is 12.2. The van der Waals surface area contributed by atoms with E-state index in [0.717, 1.165) is 17.8 Å². The van der Waals surface area contributed by atoms with Crippen molar-refractivity contribution < 1.29 is 18.0 Å². The first kappa shape index (κ1) is 12.4. The molecule has 0 bridgehead atoms. The van der Waals surface area contributed by atoms with Crippen LogP contribution in [-0.2, 0) is 0 Å². The molecule has 0 unspecified atom stereocenters. The lowest BCUT2D eigenvalue weighted by Crippen LogP contribution is -2.23. The number of alkyl halides is 3. The first-order valence-corrected chi connectivity index (χ1v) is 5.41. The molecule has 0 aliphatic rings. The molecule has 6 heteroatoms. The standard InChI is InChI=1S/C9H6ClF3OS/c1-15-7-3-2-5(10)4-6(7)8(14)9(11,12)13/h2-4H,1H3. The quantitative estimate of drug-likeness (QED) is 0.590. The molecule has 0 aromatic heterocycles. The van der Waals surface area contributed by atoms with Crippen LogP contribution in [0.1, 0.15) is 10.4 Å². The number of Topliss-reactive ketones (excluding diaryl/α,β-unsaturated/α-hetero) is 1. The van der Waals surface area contributed by atoms with Crippen molar-refractivity contribution in [2.24, 2.45) is 0 Å². The van der Waals surface area contributed by atoms with E-state index in [1.807, 2.05) is 0 Å². The molecule has 1 rings (SSSR count). The Bertz CT molecular complexity index is 389. The Morgan fingerprint density at radius 1 is 1.40 bits per heavy atom. The van der Waals surface area contributed by atoms with Gasteiger partial charge >= 0.3 is 6.18 Å². The van der Waals surface area contributed by atoms with Gasteiger partial charge in [-0.05, 0) is 24.5 Å². The normalized spacial score (nSPS) is 11.5. The molecule has 1 nitrogen and oxygen atoms in total. The number of thioether (sulfide) groups is 1. The van der Waals surface area contributed by atoms with Gasteiger partial charge in [0.25, 0.3) is 5.78 Å². The molecule has 82 valence electrons. The van der Waals surface area contributed by atoms with E-state index in [2.05, 4.69) is 0 Å². The number of hydrogen-bond donors (Lipinski definition) is 0. The van der Waals surface area contributed by atoms with Gasteiger partial charge in [0, 0.05) is 15.5 Å². The maximum absolute atomic E-state index is 12.2. The van der Waals surface area contributed by atoms with Gasteiger partial charge in [-0.2, -0.15) is 13.2 Å². The molecule has 0 aliphatic heterocycles. The summed E-state index contributed by atoms with van der Waals surface area (Å²) in [6, 6.07) is 3.87. The van der Waals surface area contributed by atoms with Gasteiger partial charge < -0.3 is 0 Å². The predicted octanol–water partition coefficient (Wildman–Crippen LogP) is 3.81. The van der Waals surface area contributed by atoms with Crippen molar-refractivity contribution in [1.82, 2.24) is 0 Å². The van der Waals surface area contributed by atoms with E-state index >= 15 is 0 Å². The van der Waals surface area contributed by atoms with Gasteiger partial charge in [-0.15, -0.1) is 11.8 Å². The molecular formula is C9H6ClF3OS. The molecule has 0 saturated carbocycles. The molecule has 0 radical (unpaired) electrons. The minimum Gasteiger partial charge on any atom is -0.284 e. The largest absolute Gasteiger partial charge is 0.454 e. The van der Waals surface area contributed by atoms with Gasteiger partial charge in [0.05, 0.1) is 0 Å². The summed E-state index contributed by atoms with van der Waals surface area (Å²) in [7, 11) is 0. The number of carbonyl (C=O) groups excluding carboxylic acids is 1. The van der Waals surface area contributed by atoms with Gasteiger partial charge in [0.15, 0.2) is 0 Å². The van der Waals surface area contributed by atoms with Crippen LogP contribution in [0.15, 0.2) is 23.1 Å². The van der Waals surface area contributed by atoms with Crippen LogP contribution in [0.2, 0.25) is 5.02 Å². The Morgan fingerprint density at radius 3 is 2.47 bits per heavy atom. The summed E-state index contributed by atoms with van der Waals surface area (Å²) in [5.74, 6) is -1.87. The molecule has 0 N–H and O–H groups in total. The predicted molar refractivity (Wildman–Crippen MR) is 53.6 cm³/mol. The third-order valence-corrected chi connectivity index (χ3v) is 2.69. The zero-order chi connectivity index (χ0) is 11.6. The molecule has 15 heavy (non-hydrogen) atoms. The second kappa shape index (κ2) is 4.45. The van der Waals surface area contributed by atoms with Crippen LogP contribution < -0.4 is 0 Å². The lowest BCUT2D eigenvalue weighted by molar-refractivity contribution is -0.0887. The highest BCUT2D eigenvalue weighted by Crippen LogP contribution is 2.29. The highest BCUT2D eigenvalue weighted by Gasteiger charge is 2.40. The van der Waals surface area contributed by atoms with Gasteiger partial charge in [0.2, 0.25) is 0 Å². The molecule has 0 spiro atoms. The van der Waals surface area contributed by atoms with Crippen molar-refractivity contribution in [2.45, 2.75) is 11.1 Å². The van der Waals surface area contributed by atoms with E-state index in [-0.39, 0.29) is 9.92 Å². The van der Waals surface area contributed by atoms with Crippen LogP contribution in [0.5, 0.6) is 0 Å². The summed E-state index contributed by atoms with van der Waals surface area (Å²) in [5, 5.41) is 0.111. The molecule has 0 saturated heterocycles. The van der Waals surface area contributed by atoms with Crippen LogP contribution in [-0.4, -0.2) is 18.2 Å². The van der Waals surface area contributed by atoms with E-state index in [1.54, 1.807) is 6.26 Å². The Morgan fingerprint density at radius 2 is 2.00 bits per heavy atom. The van der Waals surface area contributed by atoms with Crippen LogP contribution >= 0.6 is 23.4 Å². The number of halogens is 4. The zero-order valence-electron chi connectivity index (χ0n) is 7.56. The highest BCUT2D eigenvalue weighted by atomic mass is 35.5. The Labute approximate surface area is 93.6 Å². The van der Waals surface area contributed by atoms with Gasteiger partial charge in [-0.1, -0.05) is 11.6 Å². The first-order chi connectivity index (χ1) is 6.86. The van der Waals surface area contributed by atoms with Crippen molar-refractivity contribution in [1.29, 1.82) is 0 Å². The lowest BCUT2D eigenvalue weighted by Gasteiger charge is -2.09. The van der Waals surface area contributed by atoms with Crippen molar-refractivity contribution in [2.75, 3.05) is 6.26 Å². The summed E-state index contributed by atoms with van der Waals surface area (Å²) in [4.78, 5) is 11.3. The van der Waals surface area contributed by atoms with Crippen LogP contribution in [0.3, 0.4) is 0 Å². The van der Waals surface area contributed by atoms with Crippen LogP contribution in [0.4, 0.5) is 13.2 Å². The second-order valence-corrected chi connectivity index (χ2v) is 3.96. The molecular weight excluding hydrogens is 249 g/mol. The summed E-state index contributed by atoms with van der Waals surface area (Å²) in [6.45, 7) is 0. The second-order valence-electron chi connectivity index (χ2n) is 2.67. The number of rotatable bonds is 2. The van der Waals surface area contributed by atoms with Crippen molar-refractivity contribution in [3.63, 3.8) is 0 Å². The SMILES string of the molecule is CSc1ccc(Cl)cc1C(=O)C(F)(F)F. The van der Waals surface area contributed by atoms with E-state index in [1.165, 1.54) is 12.1 Å². The highest BCUT2D eigenvalue weighted by molar-refractivity contribution is 7.98. The van der Waals surface area contributed by atoms with Gasteiger partial charge in [0.1, 0.15) is 0 Å². The van der Waals surface area contributed by atoms with E-state index < -0.39 is 17.5 Å². The fourth-order valence-corrected chi connectivity index (χ4v) is 1.76. The fourth-order valence-electron chi connectivity index (χ4n) is 1.01. The van der Waals surface area contributed by atoms with E-state index in [9.17, 15) is 18.0 Å². The number of ketones is 1. The van der Waals surface area contributed by atoms with Crippen molar-refractivity contribution in [3.05, 3.63) is 28.8 Å². The molecule has 0 amide bonds. The zero-order valence-corrected chi connectivity index (χ0v) is 9.13. The monoisotopic (exact) mass is 254 g/mol. The summed E-state index contributed by atoms with van der Waals surface area (Å²) >= 11 is 6.61. The number of carbonyl (C=O) groups is 1. The average Bonchev–Trinajstić information content (AvgIpc) is 2.15. The molecule has 0 heterocycles. The number of hydrogen-bond acceptors (Lipinski definition) is 2. The summed E-state index contributed by atoms with van der Waals surface area (Å²) in [5.41, 5.74) is -0.400. The fraction of sp³-hybridized carbons (Fsp3) is 0.222. The maximum Gasteiger partial charge on any atom is 0.454 e. The van der Waals surface area contributed by atoms with Crippen LogP contribution in [0.25, 0.3) is 0 Å².